The highest BCUT2D eigenvalue weighted by Gasteiger charge is 2.13. The molecular weight excluding hydrogens is 312 g/mol. The standard InChI is InChI=1S/C17H16N2O5/c1-22-14-7-11(8-15(23-2)16(14)20)6-12(9-18)17(21)19-10-13-4-3-5-24-13/h3-8,20H,10H2,1-2H3,(H,19,21). The molecule has 0 radical (unpaired) electrons. The molecule has 0 unspecified atom stereocenters. The Bertz CT molecular complexity index is 763. The summed E-state index contributed by atoms with van der Waals surface area (Å²) < 4.78 is 15.2. The Morgan fingerprint density at radius 3 is 2.54 bits per heavy atom. The molecule has 1 amide bonds. The number of ether oxygens (including phenoxy) is 2. The first-order valence-electron chi connectivity index (χ1n) is 6.96. The van der Waals surface area contributed by atoms with E-state index in [1.165, 1.54) is 38.7 Å². The molecule has 2 aromatic rings. The topological polar surface area (TPSA) is 105 Å². The average molecular weight is 328 g/mol. The van der Waals surface area contributed by atoms with E-state index in [-0.39, 0.29) is 29.4 Å². The van der Waals surface area contributed by atoms with Crippen LogP contribution in [0.3, 0.4) is 0 Å². The molecule has 124 valence electrons. The lowest BCUT2D eigenvalue weighted by atomic mass is 10.1. The van der Waals surface area contributed by atoms with Crippen molar-refractivity contribution < 1.29 is 23.8 Å². The maximum atomic E-state index is 12.1. The number of nitrogens with one attached hydrogen (secondary N) is 1. The monoisotopic (exact) mass is 328 g/mol. The van der Waals surface area contributed by atoms with Crippen molar-refractivity contribution in [2.75, 3.05) is 14.2 Å². The summed E-state index contributed by atoms with van der Waals surface area (Å²) in [5.74, 6) is 0.231. The molecule has 1 aromatic heterocycles. The minimum Gasteiger partial charge on any atom is -0.502 e. The number of carbonyl (C=O) groups excluding carboxylic acids is 1. The van der Waals surface area contributed by atoms with Crippen LogP contribution in [-0.2, 0) is 11.3 Å². The smallest absolute Gasteiger partial charge is 0.262 e. The summed E-state index contributed by atoms with van der Waals surface area (Å²) in [5.41, 5.74) is 0.377. The van der Waals surface area contributed by atoms with Crippen molar-refractivity contribution in [3.05, 3.63) is 47.4 Å². The van der Waals surface area contributed by atoms with Gasteiger partial charge in [-0.1, -0.05) is 0 Å². The quantitative estimate of drug-likeness (QED) is 0.622. The van der Waals surface area contributed by atoms with Crippen LogP contribution < -0.4 is 14.8 Å². The van der Waals surface area contributed by atoms with Crippen molar-refractivity contribution in [3.63, 3.8) is 0 Å². The Morgan fingerprint density at radius 2 is 2.04 bits per heavy atom. The summed E-state index contributed by atoms with van der Waals surface area (Å²) in [4.78, 5) is 12.1. The molecule has 0 bridgehead atoms. The average Bonchev–Trinajstić information content (AvgIpc) is 3.12. The molecule has 1 heterocycles. The van der Waals surface area contributed by atoms with Crippen LogP contribution in [0.4, 0.5) is 0 Å². The van der Waals surface area contributed by atoms with Crippen LogP contribution in [-0.4, -0.2) is 25.2 Å². The first-order valence-corrected chi connectivity index (χ1v) is 6.96. The van der Waals surface area contributed by atoms with Crippen LogP contribution in [0.2, 0.25) is 0 Å². The summed E-state index contributed by atoms with van der Waals surface area (Å²) >= 11 is 0. The second-order valence-electron chi connectivity index (χ2n) is 4.71. The number of nitriles is 1. The molecule has 2 rings (SSSR count). The normalized spacial score (nSPS) is 10.8. The molecule has 2 N–H and O–H groups in total. The van der Waals surface area contributed by atoms with Crippen LogP contribution in [0.5, 0.6) is 17.2 Å². The van der Waals surface area contributed by atoms with Gasteiger partial charge < -0.3 is 24.3 Å². The first kappa shape index (κ1) is 17.0. The first-order chi connectivity index (χ1) is 11.6. The van der Waals surface area contributed by atoms with Crippen LogP contribution in [0, 0.1) is 11.3 Å². The van der Waals surface area contributed by atoms with Crippen molar-refractivity contribution in [2.24, 2.45) is 0 Å². The van der Waals surface area contributed by atoms with Gasteiger partial charge in [-0.05, 0) is 35.9 Å². The van der Waals surface area contributed by atoms with Gasteiger partial charge in [-0.15, -0.1) is 0 Å². The third-order valence-corrected chi connectivity index (χ3v) is 3.18. The highest BCUT2D eigenvalue weighted by molar-refractivity contribution is 6.01. The van der Waals surface area contributed by atoms with Gasteiger partial charge in [-0.2, -0.15) is 5.26 Å². The van der Waals surface area contributed by atoms with E-state index < -0.39 is 5.91 Å². The van der Waals surface area contributed by atoms with Crippen molar-refractivity contribution in [2.45, 2.75) is 6.54 Å². The summed E-state index contributed by atoms with van der Waals surface area (Å²) in [6, 6.07) is 8.25. The van der Waals surface area contributed by atoms with E-state index in [9.17, 15) is 15.2 Å². The SMILES string of the molecule is COc1cc(C=C(C#N)C(=O)NCc2ccco2)cc(OC)c1O. The molecule has 0 saturated heterocycles. The van der Waals surface area contributed by atoms with E-state index in [2.05, 4.69) is 5.32 Å². The molecule has 0 saturated carbocycles. The van der Waals surface area contributed by atoms with E-state index in [1.54, 1.807) is 12.1 Å². The Morgan fingerprint density at radius 1 is 1.38 bits per heavy atom. The zero-order valence-corrected chi connectivity index (χ0v) is 13.2. The Labute approximate surface area is 138 Å². The number of hydrogen-bond donors (Lipinski definition) is 2. The Hall–Kier alpha value is -3.40. The van der Waals surface area contributed by atoms with Gasteiger partial charge in [0.1, 0.15) is 17.4 Å². The van der Waals surface area contributed by atoms with Crippen molar-refractivity contribution in [1.82, 2.24) is 5.32 Å². The third kappa shape index (κ3) is 3.87. The number of phenolic OH excluding ortho intramolecular Hbond substituents is 1. The molecule has 7 nitrogen and oxygen atoms in total. The van der Waals surface area contributed by atoms with E-state index in [4.69, 9.17) is 13.9 Å². The van der Waals surface area contributed by atoms with Crippen molar-refractivity contribution in [1.29, 1.82) is 5.26 Å². The fourth-order valence-corrected chi connectivity index (χ4v) is 1.99. The number of hydrogen-bond acceptors (Lipinski definition) is 6. The molecule has 0 aliphatic rings. The molecule has 0 aliphatic heterocycles. The van der Waals surface area contributed by atoms with E-state index >= 15 is 0 Å². The van der Waals surface area contributed by atoms with Gasteiger partial charge in [-0.25, -0.2) is 0 Å². The number of nitrogens with zero attached hydrogens (tertiary/aromatic N) is 1. The molecule has 0 fully saturated rings. The molecule has 0 spiro atoms. The number of furan rings is 1. The van der Waals surface area contributed by atoms with Gasteiger partial charge in [-0.3, -0.25) is 4.79 Å². The minimum atomic E-state index is -0.542. The summed E-state index contributed by atoms with van der Waals surface area (Å²) in [6.07, 6.45) is 2.87. The molecule has 24 heavy (non-hydrogen) atoms. The number of methoxy groups -OCH3 is 2. The van der Waals surface area contributed by atoms with Crippen molar-refractivity contribution >= 4 is 12.0 Å². The minimum absolute atomic E-state index is 0.101. The second kappa shape index (κ2) is 7.74. The number of phenols is 1. The lowest BCUT2D eigenvalue weighted by molar-refractivity contribution is -0.117. The number of rotatable bonds is 6. The zero-order valence-electron chi connectivity index (χ0n) is 13.2. The maximum absolute atomic E-state index is 12.1. The van der Waals surface area contributed by atoms with Crippen LogP contribution in [0.25, 0.3) is 6.08 Å². The van der Waals surface area contributed by atoms with Gasteiger partial charge in [0, 0.05) is 0 Å². The predicted molar refractivity (Wildman–Crippen MR) is 85.4 cm³/mol. The van der Waals surface area contributed by atoms with Gasteiger partial charge in [0.15, 0.2) is 11.5 Å². The number of benzene rings is 1. The summed E-state index contributed by atoms with van der Waals surface area (Å²) in [5, 5.41) is 21.7. The maximum Gasteiger partial charge on any atom is 0.262 e. The van der Waals surface area contributed by atoms with Gasteiger partial charge in [0.25, 0.3) is 5.91 Å². The fraction of sp³-hybridized carbons (Fsp3) is 0.176. The second-order valence-corrected chi connectivity index (χ2v) is 4.71. The lowest BCUT2D eigenvalue weighted by Crippen LogP contribution is -2.23. The third-order valence-electron chi connectivity index (χ3n) is 3.18. The number of amides is 1. The number of carbonyl (C=O) groups is 1. The van der Waals surface area contributed by atoms with Gasteiger partial charge in [0.2, 0.25) is 5.75 Å². The molecule has 1 aromatic carbocycles. The predicted octanol–water partition coefficient (Wildman–Crippen LogP) is 2.23. The molecule has 0 atom stereocenters. The largest absolute Gasteiger partial charge is 0.502 e. The molecule has 7 heteroatoms. The van der Waals surface area contributed by atoms with Crippen LogP contribution >= 0.6 is 0 Å². The highest BCUT2D eigenvalue weighted by Crippen LogP contribution is 2.37. The van der Waals surface area contributed by atoms with E-state index in [0.717, 1.165) is 0 Å². The zero-order chi connectivity index (χ0) is 17.5. The van der Waals surface area contributed by atoms with Crippen LogP contribution in [0.1, 0.15) is 11.3 Å². The van der Waals surface area contributed by atoms with E-state index in [1.807, 2.05) is 6.07 Å². The Kier molecular flexibility index (Phi) is 5.47. The highest BCUT2D eigenvalue weighted by atomic mass is 16.5. The summed E-state index contributed by atoms with van der Waals surface area (Å²) in [6.45, 7) is 0.174. The molecule has 0 aliphatic carbocycles. The lowest BCUT2D eigenvalue weighted by Gasteiger charge is -2.09. The summed E-state index contributed by atoms with van der Waals surface area (Å²) in [7, 11) is 2.78. The van der Waals surface area contributed by atoms with E-state index in [0.29, 0.717) is 11.3 Å². The van der Waals surface area contributed by atoms with Gasteiger partial charge in [0.05, 0.1) is 27.0 Å². The number of aromatic hydroxyl groups is 1. The molecular formula is C17H16N2O5. The van der Waals surface area contributed by atoms with Gasteiger partial charge >= 0.3 is 0 Å². The Balaban J connectivity index is 2.23. The van der Waals surface area contributed by atoms with Crippen LogP contribution in [0.15, 0.2) is 40.5 Å². The van der Waals surface area contributed by atoms with Crippen molar-refractivity contribution in [3.8, 4) is 23.3 Å². The fourth-order valence-electron chi connectivity index (χ4n) is 1.99.